The third-order valence-electron chi connectivity index (χ3n) is 3.92. The number of nitrogens with zero attached hydrogens (tertiary/aromatic N) is 2. The summed E-state index contributed by atoms with van der Waals surface area (Å²) in [7, 11) is 2.01. The number of amides is 1. The van der Waals surface area contributed by atoms with Crippen LogP contribution in [0.4, 0.5) is 5.69 Å². The molecule has 1 amide bonds. The monoisotopic (exact) mass is 367 g/mol. The van der Waals surface area contributed by atoms with Crippen LogP contribution >= 0.6 is 11.3 Å². The van der Waals surface area contributed by atoms with Crippen LogP contribution in [0.5, 0.6) is 5.75 Å². The molecule has 0 aliphatic heterocycles. The van der Waals surface area contributed by atoms with Crippen LogP contribution in [0.15, 0.2) is 65.5 Å². The minimum absolute atomic E-state index is 0.139. The molecule has 1 aromatic heterocycles. The van der Waals surface area contributed by atoms with Gasteiger partial charge in [-0.05, 0) is 24.3 Å². The molecule has 0 saturated carbocycles. The predicted octanol–water partition coefficient (Wildman–Crippen LogP) is 3.59. The molecule has 1 N–H and O–H groups in total. The lowest BCUT2D eigenvalue weighted by molar-refractivity contribution is 0.0950. The number of hydrogen-bond acceptors (Lipinski definition) is 5. The third kappa shape index (κ3) is 4.83. The minimum Gasteiger partial charge on any atom is -0.486 e. The van der Waals surface area contributed by atoms with E-state index >= 15 is 0 Å². The average Bonchev–Trinajstić information content (AvgIpc) is 3.20. The first kappa shape index (κ1) is 17.9. The van der Waals surface area contributed by atoms with Gasteiger partial charge in [0.15, 0.2) is 0 Å². The van der Waals surface area contributed by atoms with Crippen molar-refractivity contribution < 1.29 is 9.53 Å². The molecule has 0 bridgehead atoms. The molecule has 0 aliphatic carbocycles. The molecule has 3 rings (SSSR count). The number of anilines is 1. The van der Waals surface area contributed by atoms with Crippen molar-refractivity contribution in [2.75, 3.05) is 25.0 Å². The lowest BCUT2D eigenvalue weighted by Crippen LogP contribution is -2.33. The number of hydrogen-bond donors (Lipinski definition) is 1. The Hall–Kier alpha value is -2.86. The first-order valence-electron chi connectivity index (χ1n) is 8.37. The second-order valence-corrected chi connectivity index (χ2v) is 6.50. The van der Waals surface area contributed by atoms with E-state index in [0.717, 1.165) is 17.9 Å². The van der Waals surface area contributed by atoms with Gasteiger partial charge >= 0.3 is 0 Å². The zero-order chi connectivity index (χ0) is 18.2. The van der Waals surface area contributed by atoms with Crippen LogP contribution in [0.2, 0.25) is 0 Å². The normalized spacial score (nSPS) is 10.3. The van der Waals surface area contributed by atoms with E-state index in [1.54, 1.807) is 17.6 Å². The molecule has 134 valence electrons. The molecule has 0 spiro atoms. The topological polar surface area (TPSA) is 54.5 Å². The van der Waals surface area contributed by atoms with Crippen molar-refractivity contribution in [3.05, 3.63) is 76.7 Å². The highest BCUT2D eigenvalue weighted by Gasteiger charge is 2.12. The van der Waals surface area contributed by atoms with Gasteiger partial charge in [-0.1, -0.05) is 30.3 Å². The molecule has 2 aromatic carbocycles. The van der Waals surface area contributed by atoms with Crippen molar-refractivity contribution in [2.45, 2.75) is 6.61 Å². The van der Waals surface area contributed by atoms with Gasteiger partial charge in [-0.25, -0.2) is 4.98 Å². The molecule has 0 fully saturated rings. The van der Waals surface area contributed by atoms with Crippen molar-refractivity contribution in [1.29, 1.82) is 0 Å². The number of carbonyl (C=O) groups is 1. The zero-order valence-corrected chi connectivity index (χ0v) is 15.4. The Balaban J connectivity index is 1.54. The van der Waals surface area contributed by atoms with E-state index in [0.29, 0.717) is 24.5 Å². The fourth-order valence-electron chi connectivity index (χ4n) is 2.48. The zero-order valence-electron chi connectivity index (χ0n) is 14.6. The van der Waals surface area contributed by atoms with Gasteiger partial charge in [-0.3, -0.25) is 4.79 Å². The Morgan fingerprint density at radius 1 is 1.15 bits per heavy atom. The second kappa shape index (κ2) is 9.01. The lowest BCUT2D eigenvalue weighted by Gasteiger charge is -2.19. The Morgan fingerprint density at radius 2 is 1.92 bits per heavy atom. The predicted molar refractivity (Wildman–Crippen MR) is 105 cm³/mol. The van der Waals surface area contributed by atoms with E-state index in [2.05, 4.69) is 15.2 Å². The summed E-state index contributed by atoms with van der Waals surface area (Å²) in [5.41, 5.74) is 4.27. The van der Waals surface area contributed by atoms with Gasteiger partial charge in [0.1, 0.15) is 12.4 Å². The number of rotatable bonds is 8. The van der Waals surface area contributed by atoms with Crippen LogP contribution in [-0.4, -0.2) is 31.0 Å². The molecule has 6 heteroatoms. The molecule has 0 radical (unpaired) electrons. The summed E-state index contributed by atoms with van der Waals surface area (Å²) in [6, 6.07) is 17.3. The molecule has 3 aromatic rings. The van der Waals surface area contributed by atoms with E-state index < -0.39 is 0 Å². The standard InChI is InChI=1S/C20H21N3O2S/c1-23(17-7-3-2-4-8-17)12-11-21-20(24)18-9-5-6-10-19(18)25-13-16-14-26-15-22-16/h2-10,14-15H,11-13H2,1H3,(H,21,24). The largest absolute Gasteiger partial charge is 0.486 e. The summed E-state index contributed by atoms with van der Waals surface area (Å²) >= 11 is 1.52. The van der Waals surface area contributed by atoms with Crippen LogP contribution in [0.3, 0.4) is 0 Å². The summed E-state index contributed by atoms with van der Waals surface area (Å²) in [5.74, 6) is 0.426. The molecule has 0 atom stereocenters. The highest BCUT2D eigenvalue weighted by Crippen LogP contribution is 2.19. The maximum Gasteiger partial charge on any atom is 0.255 e. The number of aromatic nitrogens is 1. The van der Waals surface area contributed by atoms with E-state index in [9.17, 15) is 4.79 Å². The molecular formula is C20H21N3O2S. The Bertz CT molecular complexity index is 822. The number of thiazole rings is 1. The van der Waals surface area contributed by atoms with Crippen LogP contribution in [0.25, 0.3) is 0 Å². The molecule has 0 unspecified atom stereocenters. The molecule has 1 heterocycles. The van der Waals surface area contributed by atoms with Crippen molar-refractivity contribution >= 4 is 22.9 Å². The molecular weight excluding hydrogens is 346 g/mol. The van der Waals surface area contributed by atoms with Crippen LogP contribution < -0.4 is 15.0 Å². The number of para-hydroxylation sites is 2. The number of nitrogens with one attached hydrogen (secondary N) is 1. The summed E-state index contributed by atoms with van der Waals surface area (Å²) < 4.78 is 5.77. The highest BCUT2D eigenvalue weighted by molar-refractivity contribution is 7.07. The third-order valence-corrected chi connectivity index (χ3v) is 4.56. The Kier molecular flexibility index (Phi) is 6.22. The maximum atomic E-state index is 12.5. The lowest BCUT2D eigenvalue weighted by atomic mass is 10.2. The molecule has 5 nitrogen and oxygen atoms in total. The highest BCUT2D eigenvalue weighted by atomic mass is 32.1. The van der Waals surface area contributed by atoms with Crippen molar-refractivity contribution in [1.82, 2.24) is 10.3 Å². The van der Waals surface area contributed by atoms with Crippen molar-refractivity contribution in [2.24, 2.45) is 0 Å². The van der Waals surface area contributed by atoms with Gasteiger partial charge in [0.25, 0.3) is 5.91 Å². The minimum atomic E-state index is -0.139. The quantitative estimate of drug-likeness (QED) is 0.661. The molecule has 0 aliphatic rings. The van der Waals surface area contributed by atoms with Gasteiger partial charge < -0.3 is 15.0 Å². The Labute approximate surface area is 157 Å². The van der Waals surface area contributed by atoms with Gasteiger partial charge in [0.05, 0.1) is 16.8 Å². The second-order valence-electron chi connectivity index (χ2n) is 5.78. The average molecular weight is 367 g/mol. The Morgan fingerprint density at radius 3 is 2.69 bits per heavy atom. The number of carbonyl (C=O) groups excluding carboxylic acids is 1. The van der Waals surface area contributed by atoms with Crippen molar-refractivity contribution in [3.8, 4) is 5.75 Å². The van der Waals surface area contributed by atoms with Crippen LogP contribution in [0, 0.1) is 0 Å². The maximum absolute atomic E-state index is 12.5. The summed E-state index contributed by atoms with van der Waals surface area (Å²) in [4.78, 5) is 18.8. The number of ether oxygens (including phenoxy) is 1. The molecule has 26 heavy (non-hydrogen) atoms. The van der Waals surface area contributed by atoms with E-state index in [4.69, 9.17) is 4.74 Å². The summed E-state index contributed by atoms with van der Waals surface area (Å²) in [6.07, 6.45) is 0. The fraction of sp³-hybridized carbons (Fsp3) is 0.200. The van der Waals surface area contributed by atoms with E-state index in [1.165, 1.54) is 11.3 Å². The SMILES string of the molecule is CN(CCNC(=O)c1ccccc1OCc1cscn1)c1ccccc1. The van der Waals surface area contributed by atoms with Gasteiger partial charge in [-0.2, -0.15) is 0 Å². The summed E-state index contributed by atoms with van der Waals surface area (Å²) in [6.45, 7) is 1.62. The van der Waals surface area contributed by atoms with Gasteiger partial charge in [0, 0.05) is 31.2 Å². The van der Waals surface area contributed by atoms with Crippen molar-refractivity contribution in [3.63, 3.8) is 0 Å². The van der Waals surface area contributed by atoms with E-state index in [1.807, 2.05) is 54.9 Å². The summed E-state index contributed by atoms with van der Waals surface area (Å²) in [5, 5.41) is 4.89. The van der Waals surface area contributed by atoms with Gasteiger partial charge in [-0.15, -0.1) is 11.3 Å². The first-order valence-corrected chi connectivity index (χ1v) is 9.31. The first-order chi connectivity index (χ1) is 12.7. The number of likely N-dealkylation sites (N-methyl/N-ethyl adjacent to an activating group) is 1. The van der Waals surface area contributed by atoms with E-state index in [-0.39, 0.29) is 5.91 Å². The fourth-order valence-corrected chi connectivity index (χ4v) is 3.03. The smallest absolute Gasteiger partial charge is 0.255 e. The van der Waals surface area contributed by atoms with Gasteiger partial charge in [0.2, 0.25) is 0 Å². The number of benzene rings is 2. The molecule has 0 saturated heterocycles. The van der Waals surface area contributed by atoms with Crippen LogP contribution in [0.1, 0.15) is 16.1 Å². The van der Waals surface area contributed by atoms with Crippen LogP contribution in [-0.2, 0) is 6.61 Å².